The van der Waals surface area contributed by atoms with Gasteiger partial charge in [0.2, 0.25) is 0 Å². The number of carboxylic acid groups (broad SMARTS) is 1. The molecule has 0 aliphatic carbocycles. The molecule has 1 N–H and O–H groups in total. The Kier molecular flexibility index (Phi) is 31.7. The lowest BCUT2D eigenvalue weighted by Gasteiger charge is -2.15. The fourth-order valence-electron chi connectivity index (χ4n) is 5.20. The summed E-state index contributed by atoms with van der Waals surface area (Å²) >= 11 is 0. The molecule has 0 aliphatic rings. The zero-order valence-corrected chi connectivity index (χ0v) is 27.4. The minimum absolute atomic E-state index is 0.0693. The molecule has 0 aromatic carbocycles. The maximum atomic E-state index is 12.5. The van der Waals surface area contributed by atoms with Crippen LogP contribution < -0.4 is 0 Å². The molecule has 0 bridgehead atoms. The van der Waals surface area contributed by atoms with Crippen LogP contribution in [-0.2, 0) is 14.3 Å². The normalized spacial score (nSPS) is 12.4. The summed E-state index contributed by atoms with van der Waals surface area (Å²) in [6, 6.07) is 0. The fourth-order valence-corrected chi connectivity index (χ4v) is 5.20. The molecular formula is C37H68O4. The first kappa shape index (κ1) is 39.4. The lowest BCUT2D eigenvalue weighted by Crippen LogP contribution is -2.16. The zero-order chi connectivity index (χ0) is 30.1. The van der Waals surface area contributed by atoms with E-state index in [-0.39, 0.29) is 18.5 Å². The molecule has 0 saturated heterocycles. The number of carbonyl (C=O) groups excluding carboxylic acids is 1. The number of carbonyl (C=O) groups is 2. The summed E-state index contributed by atoms with van der Waals surface area (Å²) in [6.45, 7) is 4.48. The van der Waals surface area contributed by atoms with Crippen LogP contribution in [0.25, 0.3) is 0 Å². The topological polar surface area (TPSA) is 63.6 Å². The van der Waals surface area contributed by atoms with Gasteiger partial charge in [0.25, 0.3) is 0 Å². The minimum atomic E-state index is -0.723. The van der Waals surface area contributed by atoms with Crippen LogP contribution in [0, 0.1) is 0 Å². The van der Waals surface area contributed by atoms with E-state index in [0.29, 0.717) is 6.42 Å². The quantitative estimate of drug-likeness (QED) is 0.0491. The van der Waals surface area contributed by atoms with Crippen LogP contribution in [0.1, 0.15) is 194 Å². The molecule has 1 unspecified atom stereocenters. The third kappa shape index (κ3) is 32.8. The summed E-state index contributed by atoms with van der Waals surface area (Å²) < 4.78 is 5.81. The standard InChI is InChI=1S/C37H68O4/c1-3-5-7-9-10-11-12-13-14-15-16-17-18-19-20-21-22-24-30-34-37(40)41-35(31-27-23-8-6-4-2)32-28-25-26-29-33-36(38)39/h13-14,27,31,35H,3-12,15-26,28-30,32-34H2,1-2H3,(H,38,39)/b14-13-,31-27-. The third-order valence-corrected chi connectivity index (χ3v) is 7.88. The van der Waals surface area contributed by atoms with Crippen molar-refractivity contribution in [3.63, 3.8) is 0 Å². The first-order chi connectivity index (χ1) is 20.1. The van der Waals surface area contributed by atoms with Crippen LogP contribution in [0.15, 0.2) is 24.3 Å². The Morgan fingerprint density at radius 3 is 1.51 bits per heavy atom. The Balaban J connectivity index is 3.77. The number of ether oxygens (including phenoxy) is 1. The second-order valence-corrected chi connectivity index (χ2v) is 12.0. The van der Waals surface area contributed by atoms with E-state index in [9.17, 15) is 9.59 Å². The number of hydrogen-bond donors (Lipinski definition) is 1. The molecule has 0 fully saturated rings. The molecule has 4 nitrogen and oxygen atoms in total. The summed E-state index contributed by atoms with van der Waals surface area (Å²) in [5.41, 5.74) is 0. The van der Waals surface area contributed by atoms with Gasteiger partial charge in [0, 0.05) is 12.8 Å². The summed E-state index contributed by atoms with van der Waals surface area (Å²) in [5.74, 6) is -0.792. The molecule has 240 valence electrons. The van der Waals surface area contributed by atoms with E-state index >= 15 is 0 Å². The molecule has 1 atom stereocenters. The van der Waals surface area contributed by atoms with Crippen LogP contribution in [0.2, 0.25) is 0 Å². The van der Waals surface area contributed by atoms with Gasteiger partial charge in [0.15, 0.2) is 0 Å². The summed E-state index contributed by atoms with van der Waals surface area (Å²) in [4.78, 5) is 23.1. The predicted octanol–water partition coefficient (Wildman–Crippen LogP) is 12.1. The number of rotatable bonds is 32. The van der Waals surface area contributed by atoms with E-state index in [0.717, 1.165) is 51.4 Å². The molecule has 0 amide bonds. The Morgan fingerprint density at radius 1 is 0.537 bits per heavy atom. The Bertz CT molecular complexity index is 624. The molecule has 0 aliphatic heterocycles. The van der Waals surface area contributed by atoms with Crippen molar-refractivity contribution in [2.45, 2.75) is 200 Å². The number of aliphatic carboxylic acids is 1. The van der Waals surface area contributed by atoms with E-state index in [4.69, 9.17) is 9.84 Å². The van der Waals surface area contributed by atoms with E-state index in [1.165, 1.54) is 116 Å². The van der Waals surface area contributed by atoms with E-state index in [1.807, 2.05) is 0 Å². The van der Waals surface area contributed by atoms with Gasteiger partial charge in [0.05, 0.1) is 0 Å². The van der Waals surface area contributed by atoms with Gasteiger partial charge in [0.1, 0.15) is 6.10 Å². The number of esters is 1. The lowest BCUT2D eigenvalue weighted by molar-refractivity contribution is -0.147. The van der Waals surface area contributed by atoms with Gasteiger partial charge in [-0.05, 0) is 70.3 Å². The van der Waals surface area contributed by atoms with Gasteiger partial charge in [-0.3, -0.25) is 9.59 Å². The van der Waals surface area contributed by atoms with Crippen molar-refractivity contribution in [3.8, 4) is 0 Å². The van der Waals surface area contributed by atoms with Gasteiger partial charge < -0.3 is 9.84 Å². The van der Waals surface area contributed by atoms with Crippen LogP contribution >= 0.6 is 0 Å². The maximum Gasteiger partial charge on any atom is 0.306 e. The average Bonchev–Trinajstić information content (AvgIpc) is 2.95. The number of carboxylic acids is 1. The number of unbranched alkanes of at least 4 members (excludes halogenated alkanes) is 21. The van der Waals surface area contributed by atoms with Crippen LogP contribution in [0.3, 0.4) is 0 Å². The SMILES string of the molecule is CCCCC/C=C\C(CCCCCCC(=O)O)OC(=O)CCCCCCCCCCC/C=C\CCCCCCCC. The molecule has 0 saturated carbocycles. The highest BCUT2D eigenvalue weighted by Gasteiger charge is 2.11. The van der Waals surface area contributed by atoms with Crippen LogP contribution in [-0.4, -0.2) is 23.1 Å². The summed E-state index contributed by atoms with van der Waals surface area (Å²) in [6.07, 6.45) is 40.8. The molecule has 4 heteroatoms. The Labute approximate surface area is 255 Å². The van der Waals surface area contributed by atoms with E-state index in [1.54, 1.807) is 0 Å². The van der Waals surface area contributed by atoms with E-state index < -0.39 is 5.97 Å². The zero-order valence-electron chi connectivity index (χ0n) is 27.4. The number of allylic oxidation sites excluding steroid dienone is 3. The second-order valence-electron chi connectivity index (χ2n) is 12.0. The predicted molar refractivity (Wildman–Crippen MR) is 176 cm³/mol. The largest absolute Gasteiger partial charge is 0.481 e. The van der Waals surface area contributed by atoms with Crippen molar-refractivity contribution in [1.82, 2.24) is 0 Å². The molecule has 0 radical (unpaired) electrons. The first-order valence-electron chi connectivity index (χ1n) is 17.8. The lowest BCUT2D eigenvalue weighted by atomic mass is 10.1. The summed E-state index contributed by atoms with van der Waals surface area (Å²) in [5, 5.41) is 8.77. The van der Waals surface area contributed by atoms with Crippen LogP contribution in [0.4, 0.5) is 0 Å². The van der Waals surface area contributed by atoms with Crippen molar-refractivity contribution in [1.29, 1.82) is 0 Å². The molecular weight excluding hydrogens is 508 g/mol. The highest BCUT2D eigenvalue weighted by molar-refractivity contribution is 5.69. The Hall–Kier alpha value is -1.58. The van der Waals surface area contributed by atoms with Crippen molar-refractivity contribution >= 4 is 11.9 Å². The fraction of sp³-hybridized carbons (Fsp3) is 0.838. The van der Waals surface area contributed by atoms with Gasteiger partial charge >= 0.3 is 11.9 Å². The van der Waals surface area contributed by atoms with Crippen molar-refractivity contribution in [2.75, 3.05) is 0 Å². The number of hydrogen-bond acceptors (Lipinski definition) is 3. The smallest absolute Gasteiger partial charge is 0.306 e. The van der Waals surface area contributed by atoms with Gasteiger partial charge in [-0.1, -0.05) is 135 Å². The molecule has 0 spiro atoms. The van der Waals surface area contributed by atoms with Crippen molar-refractivity contribution in [2.24, 2.45) is 0 Å². The molecule has 0 heterocycles. The van der Waals surface area contributed by atoms with Gasteiger partial charge in [-0.2, -0.15) is 0 Å². The highest BCUT2D eigenvalue weighted by atomic mass is 16.5. The van der Waals surface area contributed by atoms with Gasteiger partial charge in [-0.25, -0.2) is 0 Å². The highest BCUT2D eigenvalue weighted by Crippen LogP contribution is 2.15. The molecule has 0 aromatic rings. The Morgan fingerprint density at radius 2 is 0.951 bits per heavy atom. The molecule has 41 heavy (non-hydrogen) atoms. The molecule has 0 rings (SSSR count). The summed E-state index contributed by atoms with van der Waals surface area (Å²) in [7, 11) is 0. The minimum Gasteiger partial charge on any atom is -0.481 e. The first-order valence-corrected chi connectivity index (χ1v) is 17.8. The van der Waals surface area contributed by atoms with E-state index in [2.05, 4.69) is 38.2 Å². The van der Waals surface area contributed by atoms with Crippen molar-refractivity contribution < 1.29 is 19.4 Å². The van der Waals surface area contributed by atoms with Crippen LogP contribution in [0.5, 0.6) is 0 Å². The maximum absolute atomic E-state index is 12.5. The average molecular weight is 577 g/mol. The van der Waals surface area contributed by atoms with Gasteiger partial charge in [-0.15, -0.1) is 0 Å². The van der Waals surface area contributed by atoms with Crippen molar-refractivity contribution in [3.05, 3.63) is 24.3 Å². The third-order valence-electron chi connectivity index (χ3n) is 7.88. The second kappa shape index (κ2) is 32.9. The molecule has 0 aromatic heterocycles. The monoisotopic (exact) mass is 577 g/mol.